The zero-order valence-corrected chi connectivity index (χ0v) is 24.4. The fraction of sp³-hybridized carbons (Fsp3) is 0.171. The molecular weight excluding hydrogens is 492 g/mol. The second-order valence-corrected chi connectivity index (χ2v) is 12.4. The first kappa shape index (κ1) is 25.5. The summed E-state index contributed by atoms with van der Waals surface area (Å²) in [5.41, 5.74) is 17.2. The van der Waals surface area contributed by atoms with Crippen molar-refractivity contribution in [2.45, 2.75) is 39.5 Å². The highest BCUT2D eigenvalue weighted by atomic mass is 14.4. The first-order valence-corrected chi connectivity index (χ1v) is 14.8. The standard InChI is InChI=1S/C41H36/c1-27-5-8-29(9-6-27)30-10-12-31(13-11-30)32-14-16-33(17-15-32)34-18-20-35(21-19-34)36-22-24-38-37-23-7-28(2)25-39(37)41(3,4)40(38)26-36/h5-6,8-26,28H,7H2,1-4H3. The van der Waals surface area contributed by atoms with Gasteiger partial charge in [0.2, 0.25) is 0 Å². The summed E-state index contributed by atoms with van der Waals surface area (Å²) in [4.78, 5) is 0. The van der Waals surface area contributed by atoms with Gasteiger partial charge in [-0.3, -0.25) is 0 Å². The lowest BCUT2D eigenvalue weighted by atomic mass is 9.78. The zero-order valence-electron chi connectivity index (χ0n) is 24.4. The SMILES string of the molecule is Cc1ccc(-c2ccc(-c3ccc(-c4ccc(-c5ccc6c(c5)C(C)(C)C5=CC(C)CC=C56)cc4)cc3)cc2)cc1. The first-order chi connectivity index (χ1) is 19.9. The van der Waals surface area contributed by atoms with Gasteiger partial charge in [-0.1, -0.05) is 148 Å². The second-order valence-electron chi connectivity index (χ2n) is 12.4. The third kappa shape index (κ3) is 4.58. The van der Waals surface area contributed by atoms with Gasteiger partial charge in [-0.15, -0.1) is 0 Å². The molecule has 0 N–H and O–H groups in total. The molecule has 200 valence electrons. The van der Waals surface area contributed by atoms with Crippen LogP contribution in [0.25, 0.3) is 50.1 Å². The van der Waals surface area contributed by atoms with Crippen LogP contribution in [0.1, 0.15) is 43.9 Å². The maximum absolute atomic E-state index is 2.50. The van der Waals surface area contributed by atoms with Gasteiger partial charge in [0.05, 0.1) is 0 Å². The third-order valence-electron chi connectivity index (χ3n) is 9.13. The van der Waals surface area contributed by atoms with E-state index in [9.17, 15) is 0 Å². The Balaban J connectivity index is 1.10. The Bertz CT molecular complexity index is 1790. The number of hydrogen-bond acceptors (Lipinski definition) is 0. The van der Waals surface area contributed by atoms with Gasteiger partial charge in [0, 0.05) is 5.41 Å². The largest absolute Gasteiger partial charge is 0.0767 e. The molecular formula is C41H36. The molecule has 0 heteroatoms. The summed E-state index contributed by atoms with van der Waals surface area (Å²) in [6.07, 6.45) is 6.09. The normalized spacial score (nSPS) is 16.9. The summed E-state index contributed by atoms with van der Waals surface area (Å²) in [5.74, 6) is 0.619. The lowest BCUT2D eigenvalue weighted by Crippen LogP contribution is -2.17. The molecule has 0 saturated carbocycles. The molecule has 5 aromatic rings. The van der Waals surface area contributed by atoms with E-state index in [0.717, 1.165) is 6.42 Å². The van der Waals surface area contributed by atoms with Crippen molar-refractivity contribution in [3.8, 4) is 44.5 Å². The molecule has 0 radical (unpaired) electrons. The molecule has 5 aromatic carbocycles. The molecule has 0 saturated heterocycles. The molecule has 0 spiro atoms. The van der Waals surface area contributed by atoms with E-state index >= 15 is 0 Å². The molecule has 2 aliphatic carbocycles. The van der Waals surface area contributed by atoms with Crippen LogP contribution in [0.2, 0.25) is 0 Å². The average Bonchev–Trinajstić information content (AvgIpc) is 3.23. The number of hydrogen-bond donors (Lipinski definition) is 0. The summed E-state index contributed by atoms with van der Waals surface area (Å²) in [6.45, 7) is 9.21. The Kier molecular flexibility index (Phi) is 6.16. The minimum Gasteiger partial charge on any atom is -0.0767 e. The van der Waals surface area contributed by atoms with E-state index in [4.69, 9.17) is 0 Å². The van der Waals surface area contributed by atoms with E-state index in [1.165, 1.54) is 72.3 Å². The van der Waals surface area contributed by atoms with Crippen LogP contribution < -0.4 is 0 Å². The number of allylic oxidation sites excluding steroid dienone is 4. The molecule has 0 fully saturated rings. The molecule has 2 aliphatic rings. The lowest BCUT2D eigenvalue weighted by Gasteiger charge is -2.25. The number of benzene rings is 5. The molecule has 7 rings (SSSR count). The van der Waals surface area contributed by atoms with Gasteiger partial charge in [0.15, 0.2) is 0 Å². The van der Waals surface area contributed by atoms with Crippen molar-refractivity contribution in [2.75, 3.05) is 0 Å². The average molecular weight is 529 g/mol. The van der Waals surface area contributed by atoms with Crippen molar-refractivity contribution in [1.82, 2.24) is 0 Å². The summed E-state index contributed by atoms with van der Waals surface area (Å²) in [5, 5.41) is 0. The van der Waals surface area contributed by atoms with Crippen molar-refractivity contribution in [3.05, 3.63) is 150 Å². The fourth-order valence-corrected chi connectivity index (χ4v) is 6.59. The lowest BCUT2D eigenvalue weighted by molar-refractivity contribution is 0.633. The van der Waals surface area contributed by atoms with Crippen molar-refractivity contribution < 1.29 is 0 Å². The summed E-state index contributed by atoms with van der Waals surface area (Å²) in [6, 6.07) is 42.6. The number of aryl methyl sites for hydroxylation is 1. The summed E-state index contributed by atoms with van der Waals surface area (Å²) < 4.78 is 0. The van der Waals surface area contributed by atoms with Crippen LogP contribution in [0.3, 0.4) is 0 Å². The Morgan fingerprint density at radius 1 is 0.537 bits per heavy atom. The minimum atomic E-state index is 0.0501. The Morgan fingerprint density at radius 3 is 1.39 bits per heavy atom. The minimum absolute atomic E-state index is 0.0501. The van der Waals surface area contributed by atoms with Gasteiger partial charge in [-0.05, 0) is 92.1 Å². The maximum atomic E-state index is 2.50. The molecule has 0 bridgehead atoms. The van der Waals surface area contributed by atoms with Gasteiger partial charge >= 0.3 is 0 Å². The van der Waals surface area contributed by atoms with Crippen molar-refractivity contribution >= 4 is 5.57 Å². The smallest absolute Gasteiger partial charge is 0.0155 e. The van der Waals surface area contributed by atoms with Crippen LogP contribution in [-0.2, 0) is 5.41 Å². The molecule has 41 heavy (non-hydrogen) atoms. The van der Waals surface area contributed by atoms with E-state index in [2.05, 4.69) is 155 Å². The van der Waals surface area contributed by atoms with Crippen LogP contribution in [0.4, 0.5) is 0 Å². The van der Waals surface area contributed by atoms with Crippen LogP contribution in [-0.4, -0.2) is 0 Å². The van der Waals surface area contributed by atoms with Crippen molar-refractivity contribution in [3.63, 3.8) is 0 Å². The van der Waals surface area contributed by atoms with E-state index < -0.39 is 0 Å². The molecule has 0 aromatic heterocycles. The Hall–Kier alpha value is -4.42. The second kappa shape index (κ2) is 9.89. The topological polar surface area (TPSA) is 0 Å². The summed E-state index contributed by atoms with van der Waals surface area (Å²) in [7, 11) is 0. The zero-order chi connectivity index (χ0) is 28.1. The molecule has 1 atom stereocenters. The van der Waals surface area contributed by atoms with Gasteiger partial charge in [0.1, 0.15) is 0 Å². The summed E-state index contributed by atoms with van der Waals surface area (Å²) >= 11 is 0. The molecule has 0 nitrogen and oxygen atoms in total. The van der Waals surface area contributed by atoms with Gasteiger partial charge in [-0.25, -0.2) is 0 Å². The molecule has 0 heterocycles. The fourth-order valence-electron chi connectivity index (χ4n) is 6.59. The van der Waals surface area contributed by atoms with Gasteiger partial charge in [0.25, 0.3) is 0 Å². The van der Waals surface area contributed by atoms with Crippen LogP contribution >= 0.6 is 0 Å². The van der Waals surface area contributed by atoms with Gasteiger partial charge in [-0.2, -0.15) is 0 Å². The van der Waals surface area contributed by atoms with E-state index in [1.54, 1.807) is 0 Å². The van der Waals surface area contributed by atoms with E-state index in [1.807, 2.05) is 0 Å². The van der Waals surface area contributed by atoms with Crippen LogP contribution in [0, 0.1) is 12.8 Å². The Morgan fingerprint density at radius 2 is 0.927 bits per heavy atom. The highest BCUT2D eigenvalue weighted by Gasteiger charge is 2.39. The first-order valence-electron chi connectivity index (χ1n) is 14.8. The third-order valence-corrected chi connectivity index (χ3v) is 9.13. The number of rotatable bonds is 4. The van der Waals surface area contributed by atoms with Crippen LogP contribution in [0.15, 0.2) is 133 Å². The Labute approximate surface area is 244 Å². The van der Waals surface area contributed by atoms with E-state index in [0.29, 0.717) is 5.92 Å². The van der Waals surface area contributed by atoms with Gasteiger partial charge < -0.3 is 0 Å². The van der Waals surface area contributed by atoms with E-state index in [-0.39, 0.29) is 5.41 Å². The monoisotopic (exact) mass is 528 g/mol. The highest BCUT2D eigenvalue weighted by Crippen LogP contribution is 2.52. The van der Waals surface area contributed by atoms with Crippen molar-refractivity contribution in [1.29, 1.82) is 0 Å². The predicted octanol–water partition coefficient (Wildman–Crippen LogP) is 11.3. The molecule has 0 amide bonds. The van der Waals surface area contributed by atoms with Crippen molar-refractivity contribution in [2.24, 2.45) is 5.92 Å². The molecule has 1 unspecified atom stereocenters. The quantitative estimate of drug-likeness (QED) is 0.218. The maximum Gasteiger partial charge on any atom is 0.0155 e. The number of fused-ring (bicyclic) bond motifs is 3. The highest BCUT2D eigenvalue weighted by molar-refractivity contribution is 5.91. The van der Waals surface area contributed by atoms with Crippen LogP contribution in [0.5, 0.6) is 0 Å². The predicted molar refractivity (Wildman–Crippen MR) is 176 cm³/mol. The molecule has 0 aliphatic heterocycles.